The number of hydrogen-bond donors (Lipinski definition) is 2. The Kier molecular flexibility index (Phi) is 4.81. The molecule has 0 aliphatic carbocycles. The van der Waals surface area contributed by atoms with Crippen LogP contribution in [-0.4, -0.2) is 16.8 Å². The lowest BCUT2D eigenvalue weighted by molar-refractivity contribution is 0.102. The molecule has 1 heterocycles. The Bertz CT molecular complexity index is 1090. The summed E-state index contributed by atoms with van der Waals surface area (Å²) in [5, 5.41) is 5.04. The highest BCUT2D eigenvalue weighted by molar-refractivity contribution is 8.13. The zero-order chi connectivity index (χ0) is 19.7. The summed E-state index contributed by atoms with van der Waals surface area (Å²) < 4.78 is 14.4. The number of amidine groups is 1. The Morgan fingerprint density at radius 1 is 1.18 bits per heavy atom. The lowest BCUT2D eigenvalue weighted by Gasteiger charge is -2.30. The molecular weight excluding hydrogens is 373 g/mol. The van der Waals surface area contributed by atoms with Crippen LogP contribution >= 0.6 is 11.8 Å². The summed E-state index contributed by atoms with van der Waals surface area (Å²) >= 11 is 1.52. The summed E-state index contributed by atoms with van der Waals surface area (Å²) in [6.07, 6.45) is 0.792. The Balaban J connectivity index is 1.68. The molecule has 0 bridgehead atoms. The van der Waals surface area contributed by atoms with Crippen molar-refractivity contribution in [1.82, 2.24) is 0 Å². The van der Waals surface area contributed by atoms with Crippen molar-refractivity contribution >= 4 is 39.3 Å². The van der Waals surface area contributed by atoms with Crippen LogP contribution in [0.3, 0.4) is 0 Å². The summed E-state index contributed by atoms with van der Waals surface area (Å²) in [4.78, 5) is 17.4. The van der Waals surface area contributed by atoms with E-state index in [1.54, 1.807) is 18.2 Å². The van der Waals surface area contributed by atoms with Gasteiger partial charge in [0.15, 0.2) is 5.17 Å². The number of nitrogens with two attached hydrogens (primary N) is 1. The first-order valence-electron chi connectivity index (χ1n) is 9.03. The predicted octanol–water partition coefficient (Wildman–Crippen LogP) is 4.90. The minimum absolute atomic E-state index is 0.142. The normalized spacial score (nSPS) is 19.3. The average Bonchev–Trinajstić information content (AvgIpc) is 2.69. The molecule has 3 N–H and O–H groups in total. The predicted molar refractivity (Wildman–Crippen MR) is 114 cm³/mol. The molecule has 1 unspecified atom stereocenters. The number of hydrogen-bond acceptors (Lipinski definition) is 4. The highest BCUT2D eigenvalue weighted by Gasteiger charge is 2.30. The number of carbonyl (C=O) groups is 1. The summed E-state index contributed by atoms with van der Waals surface area (Å²) in [7, 11) is 0. The van der Waals surface area contributed by atoms with Gasteiger partial charge in [-0.3, -0.25) is 9.79 Å². The molecule has 0 fully saturated rings. The SMILES string of the molecule is CC1(c2ccc(F)c(NC(=O)c3cccc4ccccc34)c2)CCSC(N)=N1. The van der Waals surface area contributed by atoms with Crippen LogP contribution in [0.5, 0.6) is 0 Å². The van der Waals surface area contributed by atoms with Crippen molar-refractivity contribution in [2.75, 3.05) is 11.1 Å². The Morgan fingerprint density at radius 3 is 2.79 bits per heavy atom. The topological polar surface area (TPSA) is 67.5 Å². The number of aliphatic imine (C=N–C) groups is 1. The molecule has 4 rings (SSSR count). The summed E-state index contributed by atoms with van der Waals surface area (Å²) in [5.41, 5.74) is 6.84. The maximum absolute atomic E-state index is 14.4. The summed E-state index contributed by atoms with van der Waals surface area (Å²) in [6, 6.07) is 17.9. The third kappa shape index (κ3) is 3.47. The van der Waals surface area contributed by atoms with Gasteiger partial charge in [-0.1, -0.05) is 54.2 Å². The molecule has 3 aromatic rings. The highest BCUT2D eigenvalue weighted by Crippen LogP contribution is 2.36. The Labute approximate surface area is 167 Å². The van der Waals surface area contributed by atoms with Crippen molar-refractivity contribution in [2.24, 2.45) is 10.7 Å². The third-order valence-corrected chi connectivity index (χ3v) is 5.86. The van der Waals surface area contributed by atoms with Gasteiger partial charge in [0.1, 0.15) is 5.82 Å². The van der Waals surface area contributed by atoms with Crippen molar-refractivity contribution in [3.8, 4) is 0 Å². The van der Waals surface area contributed by atoms with E-state index in [0.717, 1.165) is 28.5 Å². The average molecular weight is 393 g/mol. The van der Waals surface area contributed by atoms with Crippen LogP contribution in [0.25, 0.3) is 10.8 Å². The molecule has 3 aromatic carbocycles. The quantitative estimate of drug-likeness (QED) is 0.665. The van der Waals surface area contributed by atoms with E-state index < -0.39 is 11.4 Å². The maximum Gasteiger partial charge on any atom is 0.256 e. The molecule has 0 radical (unpaired) electrons. The first-order valence-corrected chi connectivity index (χ1v) is 10.0. The van der Waals surface area contributed by atoms with Gasteiger partial charge in [-0.2, -0.15) is 0 Å². The number of carbonyl (C=O) groups excluding carboxylic acids is 1. The lowest BCUT2D eigenvalue weighted by atomic mass is 9.89. The number of fused-ring (bicyclic) bond motifs is 1. The number of benzene rings is 3. The zero-order valence-corrected chi connectivity index (χ0v) is 16.2. The van der Waals surface area contributed by atoms with E-state index in [4.69, 9.17) is 5.73 Å². The van der Waals surface area contributed by atoms with Crippen molar-refractivity contribution in [3.63, 3.8) is 0 Å². The van der Waals surface area contributed by atoms with Crippen LogP contribution in [0.2, 0.25) is 0 Å². The van der Waals surface area contributed by atoms with Gasteiger partial charge in [-0.25, -0.2) is 4.39 Å². The van der Waals surface area contributed by atoms with E-state index in [-0.39, 0.29) is 11.6 Å². The third-order valence-electron chi connectivity index (χ3n) is 5.07. The molecule has 0 saturated carbocycles. The van der Waals surface area contributed by atoms with Gasteiger partial charge in [0.25, 0.3) is 5.91 Å². The molecule has 1 aliphatic rings. The van der Waals surface area contributed by atoms with Crippen LogP contribution in [-0.2, 0) is 5.54 Å². The van der Waals surface area contributed by atoms with E-state index >= 15 is 0 Å². The monoisotopic (exact) mass is 393 g/mol. The van der Waals surface area contributed by atoms with Gasteiger partial charge < -0.3 is 11.1 Å². The molecule has 1 amide bonds. The smallest absolute Gasteiger partial charge is 0.256 e. The van der Waals surface area contributed by atoms with Crippen molar-refractivity contribution in [2.45, 2.75) is 18.9 Å². The first-order chi connectivity index (χ1) is 13.5. The summed E-state index contributed by atoms with van der Waals surface area (Å²) in [5.74, 6) is 0.0178. The van der Waals surface area contributed by atoms with Crippen LogP contribution in [0.15, 0.2) is 65.7 Å². The molecule has 1 atom stereocenters. The van der Waals surface area contributed by atoms with Gasteiger partial charge in [0.2, 0.25) is 0 Å². The maximum atomic E-state index is 14.4. The second kappa shape index (κ2) is 7.28. The van der Waals surface area contributed by atoms with E-state index in [1.807, 2.05) is 43.3 Å². The molecule has 1 aliphatic heterocycles. The number of amides is 1. The fourth-order valence-corrected chi connectivity index (χ4v) is 4.44. The number of thioether (sulfide) groups is 1. The fraction of sp³-hybridized carbons (Fsp3) is 0.182. The minimum Gasteiger partial charge on any atom is -0.379 e. The van der Waals surface area contributed by atoms with Crippen molar-refractivity contribution in [1.29, 1.82) is 0 Å². The molecule has 0 saturated heterocycles. The lowest BCUT2D eigenvalue weighted by Crippen LogP contribution is -2.29. The van der Waals surface area contributed by atoms with Gasteiger partial charge in [-0.05, 0) is 47.9 Å². The van der Waals surface area contributed by atoms with E-state index in [0.29, 0.717) is 10.7 Å². The van der Waals surface area contributed by atoms with Crippen molar-refractivity contribution < 1.29 is 9.18 Å². The largest absolute Gasteiger partial charge is 0.379 e. The molecule has 142 valence electrons. The fourth-order valence-electron chi connectivity index (χ4n) is 3.46. The zero-order valence-electron chi connectivity index (χ0n) is 15.4. The van der Waals surface area contributed by atoms with Crippen LogP contribution in [0, 0.1) is 5.82 Å². The number of nitrogens with zero attached hydrogens (tertiary/aromatic N) is 1. The second-order valence-corrected chi connectivity index (χ2v) is 8.11. The molecule has 0 aromatic heterocycles. The molecule has 4 nitrogen and oxygen atoms in total. The standard InChI is InChI=1S/C22H20FN3OS/c1-22(11-12-28-21(24)26-22)15-9-10-18(23)19(13-15)25-20(27)17-8-4-6-14-5-2-3-7-16(14)17/h2-10,13H,11-12H2,1H3,(H2,24,26)(H,25,27). The molecule has 28 heavy (non-hydrogen) atoms. The van der Waals surface area contributed by atoms with E-state index in [2.05, 4.69) is 10.3 Å². The number of nitrogens with one attached hydrogen (secondary N) is 1. The van der Waals surface area contributed by atoms with Gasteiger partial charge in [0, 0.05) is 11.3 Å². The van der Waals surface area contributed by atoms with Gasteiger partial charge >= 0.3 is 0 Å². The number of rotatable bonds is 3. The first kappa shape index (κ1) is 18.5. The Morgan fingerprint density at radius 2 is 1.96 bits per heavy atom. The Hall–Kier alpha value is -2.86. The van der Waals surface area contributed by atoms with E-state index in [1.165, 1.54) is 17.8 Å². The van der Waals surface area contributed by atoms with Gasteiger partial charge in [-0.15, -0.1) is 0 Å². The van der Waals surface area contributed by atoms with Crippen molar-refractivity contribution in [3.05, 3.63) is 77.6 Å². The number of anilines is 1. The second-order valence-electron chi connectivity index (χ2n) is 7.00. The van der Waals surface area contributed by atoms with E-state index in [9.17, 15) is 9.18 Å². The molecule has 0 spiro atoms. The molecular formula is C22H20FN3OS. The number of halogens is 1. The molecule has 6 heteroatoms. The highest BCUT2D eigenvalue weighted by atomic mass is 32.2. The van der Waals surface area contributed by atoms with Crippen LogP contribution in [0.4, 0.5) is 10.1 Å². The summed E-state index contributed by atoms with van der Waals surface area (Å²) in [6.45, 7) is 1.98. The minimum atomic E-state index is -0.526. The van der Waals surface area contributed by atoms with Crippen LogP contribution in [0.1, 0.15) is 29.3 Å². The van der Waals surface area contributed by atoms with Crippen LogP contribution < -0.4 is 11.1 Å². The van der Waals surface area contributed by atoms with Gasteiger partial charge in [0.05, 0.1) is 11.2 Å².